The molecule has 3 N–H and O–H groups in total. The average Bonchev–Trinajstić information content (AvgIpc) is 3.22. The van der Waals surface area contributed by atoms with Gasteiger partial charge in [-0.3, -0.25) is 4.79 Å². The van der Waals surface area contributed by atoms with Gasteiger partial charge in [-0.15, -0.1) is 0 Å². The lowest BCUT2D eigenvalue weighted by Crippen LogP contribution is -2.45. The first-order valence-electron chi connectivity index (χ1n) is 10.2. The first-order chi connectivity index (χ1) is 15.6. The summed E-state index contributed by atoms with van der Waals surface area (Å²) >= 11 is 2.21. The summed E-state index contributed by atoms with van der Waals surface area (Å²) in [5.41, 5.74) is 3.45. The molecule has 4 aromatic rings. The van der Waals surface area contributed by atoms with Crippen LogP contribution in [0.1, 0.15) is 11.1 Å². The number of aromatic amines is 1. The monoisotopic (exact) mass is 539 g/mol. The highest BCUT2D eigenvalue weighted by molar-refractivity contribution is 14.1. The van der Waals surface area contributed by atoms with Crippen LogP contribution in [0.15, 0.2) is 85.1 Å². The number of carbonyl (C=O) groups is 2. The number of aromatic nitrogens is 1. The Morgan fingerprint density at radius 3 is 2.44 bits per heavy atom. The number of ether oxygens (including phenoxy) is 1. The fourth-order valence-electron chi connectivity index (χ4n) is 3.40. The lowest BCUT2D eigenvalue weighted by Gasteiger charge is -2.18. The highest BCUT2D eigenvalue weighted by Crippen LogP contribution is 2.20. The number of hydrogen-bond donors (Lipinski definition) is 3. The number of anilines is 1. The number of alkyl carbamates (subject to hydrolysis) is 1. The average molecular weight is 539 g/mol. The fourth-order valence-corrected chi connectivity index (χ4v) is 3.76. The minimum Gasteiger partial charge on any atom is -0.445 e. The molecule has 0 spiro atoms. The van der Waals surface area contributed by atoms with Crippen molar-refractivity contribution >= 4 is 51.2 Å². The number of hydrogen-bond acceptors (Lipinski definition) is 3. The summed E-state index contributed by atoms with van der Waals surface area (Å²) < 4.78 is 6.41. The Kier molecular flexibility index (Phi) is 7.06. The van der Waals surface area contributed by atoms with Crippen molar-refractivity contribution in [1.29, 1.82) is 0 Å². The zero-order valence-electron chi connectivity index (χ0n) is 17.2. The molecule has 1 atom stereocenters. The van der Waals surface area contributed by atoms with Crippen LogP contribution in [-0.2, 0) is 22.6 Å². The standard InChI is InChI=1S/C25H22IN3O3/c26-19-10-12-20(13-11-19)28-24(30)23(14-18-15-27-22-9-5-4-8-21(18)22)29-25(31)32-16-17-6-2-1-3-7-17/h1-13,15,23,27H,14,16H2,(H,28,30)(H,29,31)/t23-/m1/s1. The van der Waals surface area contributed by atoms with Crippen molar-refractivity contribution < 1.29 is 14.3 Å². The molecule has 3 aromatic carbocycles. The van der Waals surface area contributed by atoms with Crippen LogP contribution in [0.2, 0.25) is 0 Å². The van der Waals surface area contributed by atoms with E-state index >= 15 is 0 Å². The third-order valence-electron chi connectivity index (χ3n) is 5.03. The molecule has 1 aromatic heterocycles. The lowest BCUT2D eigenvalue weighted by molar-refractivity contribution is -0.118. The van der Waals surface area contributed by atoms with Crippen LogP contribution in [-0.4, -0.2) is 23.0 Å². The van der Waals surface area contributed by atoms with Gasteiger partial charge >= 0.3 is 6.09 Å². The molecule has 0 radical (unpaired) electrons. The molecule has 4 rings (SSSR count). The molecule has 2 amide bonds. The maximum atomic E-state index is 13.1. The number of benzene rings is 3. The minimum absolute atomic E-state index is 0.130. The predicted octanol–water partition coefficient (Wildman–Crippen LogP) is 5.25. The van der Waals surface area contributed by atoms with E-state index in [9.17, 15) is 9.59 Å². The van der Waals surface area contributed by atoms with Crippen molar-refractivity contribution in [3.63, 3.8) is 0 Å². The molecule has 0 aliphatic rings. The van der Waals surface area contributed by atoms with E-state index in [1.807, 2.05) is 85.1 Å². The molecule has 0 aliphatic carbocycles. The second-order valence-corrected chi connectivity index (χ2v) is 8.56. The summed E-state index contributed by atoms with van der Waals surface area (Å²) in [6, 6.07) is 23.9. The van der Waals surface area contributed by atoms with Crippen LogP contribution < -0.4 is 10.6 Å². The predicted molar refractivity (Wildman–Crippen MR) is 133 cm³/mol. The van der Waals surface area contributed by atoms with Gasteiger partial charge in [0.25, 0.3) is 0 Å². The Morgan fingerprint density at radius 1 is 0.938 bits per heavy atom. The van der Waals surface area contributed by atoms with E-state index in [2.05, 4.69) is 38.2 Å². The quantitative estimate of drug-likeness (QED) is 0.281. The number of halogens is 1. The van der Waals surface area contributed by atoms with Crippen LogP contribution in [0.4, 0.5) is 10.5 Å². The van der Waals surface area contributed by atoms with Crippen LogP contribution in [0.3, 0.4) is 0 Å². The first-order valence-corrected chi connectivity index (χ1v) is 11.2. The molecule has 0 fully saturated rings. The van der Waals surface area contributed by atoms with E-state index in [0.717, 1.165) is 25.6 Å². The minimum atomic E-state index is -0.809. The van der Waals surface area contributed by atoms with Crippen molar-refractivity contribution in [2.45, 2.75) is 19.1 Å². The van der Waals surface area contributed by atoms with E-state index in [1.165, 1.54) is 0 Å². The number of amides is 2. The highest BCUT2D eigenvalue weighted by atomic mass is 127. The SMILES string of the molecule is O=C(N[C@H](Cc1c[nH]c2ccccc12)C(=O)Nc1ccc(I)cc1)OCc1ccccc1. The highest BCUT2D eigenvalue weighted by Gasteiger charge is 2.23. The lowest BCUT2D eigenvalue weighted by atomic mass is 10.0. The van der Waals surface area contributed by atoms with Crippen molar-refractivity contribution in [3.8, 4) is 0 Å². The summed E-state index contributed by atoms with van der Waals surface area (Å²) in [6.45, 7) is 0.130. The van der Waals surface area contributed by atoms with Gasteiger partial charge in [-0.25, -0.2) is 4.79 Å². The van der Waals surface area contributed by atoms with Crippen LogP contribution >= 0.6 is 22.6 Å². The zero-order valence-corrected chi connectivity index (χ0v) is 19.3. The topological polar surface area (TPSA) is 83.2 Å². The zero-order chi connectivity index (χ0) is 22.3. The van der Waals surface area contributed by atoms with Crippen molar-refractivity contribution in [3.05, 3.63) is 99.8 Å². The Morgan fingerprint density at radius 2 is 1.66 bits per heavy atom. The molecule has 0 bridgehead atoms. The van der Waals surface area contributed by atoms with Gasteiger partial charge in [-0.2, -0.15) is 0 Å². The number of carbonyl (C=O) groups excluding carboxylic acids is 2. The second kappa shape index (κ2) is 10.3. The molecular formula is C25H22IN3O3. The molecule has 6 nitrogen and oxygen atoms in total. The maximum Gasteiger partial charge on any atom is 0.408 e. The fraction of sp³-hybridized carbons (Fsp3) is 0.120. The molecule has 0 saturated heterocycles. The normalized spacial score (nSPS) is 11.7. The Hall–Kier alpha value is -3.33. The maximum absolute atomic E-state index is 13.1. The van der Waals surface area contributed by atoms with Gasteiger partial charge in [0.15, 0.2) is 0 Å². The molecule has 7 heteroatoms. The van der Waals surface area contributed by atoms with Gasteiger partial charge in [0.1, 0.15) is 12.6 Å². The van der Waals surface area contributed by atoms with Crippen LogP contribution in [0, 0.1) is 3.57 Å². The molecule has 0 unspecified atom stereocenters. The number of H-pyrrole nitrogens is 1. The molecule has 32 heavy (non-hydrogen) atoms. The molecule has 1 heterocycles. The number of nitrogens with one attached hydrogen (secondary N) is 3. The van der Waals surface area contributed by atoms with E-state index in [1.54, 1.807) is 0 Å². The van der Waals surface area contributed by atoms with Gasteiger partial charge in [0.2, 0.25) is 5.91 Å². The molecular weight excluding hydrogens is 517 g/mol. The van der Waals surface area contributed by atoms with Crippen molar-refractivity contribution in [1.82, 2.24) is 10.3 Å². The molecule has 0 aliphatic heterocycles. The third-order valence-corrected chi connectivity index (χ3v) is 5.75. The summed E-state index contributed by atoms with van der Waals surface area (Å²) in [7, 11) is 0. The molecule has 162 valence electrons. The first kappa shape index (κ1) is 21.9. The van der Waals surface area contributed by atoms with Gasteiger partial charge < -0.3 is 20.4 Å². The Bertz CT molecular complexity index is 1210. The Labute approximate surface area is 199 Å². The van der Waals surface area contributed by atoms with Crippen LogP contribution in [0.25, 0.3) is 10.9 Å². The summed E-state index contributed by atoms with van der Waals surface area (Å²) in [5.74, 6) is -0.312. The van der Waals surface area contributed by atoms with Gasteiger partial charge in [0, 0.05) is 32.8 Å². The number of fused-ring (bicyclic) bond motifs is 1. The summed E-state index contributed by atoms with van der Waals surface area (Å²) in [4.78, 5) is 28.8. The van der Waals surface area contributed by atoms with E-state index in [0.29, 0.717) is 12.1 Å². The summed E-state index contributed by atoms with van der Waals surface area (Å²) in [5, 5.41) is 6.63. The van der Waals surface area contributed by atoms with Crippen molar-refractivity contribution in [2.24, 2.45) is 0 Å². The summed E-state index contributed by atoms with van der Waals surface area (Å²) in [6.07, 6.45) is 1.55. The second-order valence-electron chi connectivity index (χ2n) is 7.32. The van der Waals surface area contributed by atoms with E-state index in [-0.39, 0.29) is 12.5 Å². The molecule has 0 saturated carbocycles. The smallest absolute Gasteiger partial charge is 0.408 e. The van der Waals surface area contributed by atoms with Gasteiger partial charge in [-0.1, -0.05) is 48.5 Å². The van der Waals surface area contributed by atoms with E-state index < -0.39 is 12.1 Å². The number of rotatable bonds is 7. The van der Waals surface area contributed by atoms with Gasteiger partial charge in [0.05, 0.1) is 0 Å². The van der Waals surface area contributed by atoms with Crippen molar-refractivity contribution in [2.75, 3.05) is 5.32 Å². The van der Waals surface area contributed by atoms with Gasteiger partial charge in [-0.05, 0) is 64.0 Å². The third kappa shape index (κ3) is 5.67. The van der Waals surface area contributed by atoms with Crippen LogP contribution in [0.5, 0.6) is 0 Å². The largest absolute Gasteiger partial charge is 0.445 e. The Balaban J connectivity index is 1.49. The van der Waals surface area contributed by atoms with E-state index in [4.69, 9.17) is 4.74 Å². The number of para-hydroxylation sites is 1.